The molecular formula is C20H31N5. The number of piperidine rings is 1. The Bertz CT molecular complexity index is 560. The van der Waals surface area contributed by atoms with Gasteiger partial charge in [-0.3, -0.25) is 0 Å². The first-order valence-corrected chi connectivity index (χ1v) is 10.4. The molecule has 0 aromatic carbocycles. The average molecular weight is 342 g/mol. The van der Waals surface area contributed by atoms with Crippen molar-refractivity contribution in [2.45, 2.75) is 62.9 Å². The van der Waals surface area contributed by atoms with Crippen LogP contribution in [0.5, 0.6) is 0 Å². The molecule has 3 saturated heterocycles. The van der Waals surface area contributed by atoms with Crippen molar-refractivity contribution < 1.29 is 0 Å². The summed E-state index contributed by atoms with van der Waals surface area (Å²) in [4.78, 5) is 14.7. The number of anilines is 1. The average Bonchev–Trinajstić information content (AvgIpc) is 2.87. The maximum atomic E-state index is 4.78. The lowest BCUT2D eigenvalue weighted by Gasteiger charge is -2.37. The van der Waals surface area contributed by atoms with Crippen molar-refractivity contribution in [3.63, 3.8) is 0 Å². The molecule has 2 bridgehead atoms. The monoisotopic (exact) mass is 341 g/mol. The number of nitrogens with one attached hydrogen (secondary N) is 1. The lowest BCUT2D eigenvalue weighted by atomic mass is 9.84. The van der Waals surface area contributed by atoms with Crippen LogP contribution in [0.25, 0.3) is 0 Å². The van der Waals surface area contributed by atoms with Crippen molar-refractivity contribution >= 4 is 5.95 Å². The maximum Gasteiger partial charge on any atom is 0.225 e. The van der Waals surface area contributed by atoms with E-state index in [0.29, 0.717) is 18.0 Å². The number of likely N-dealkylation sites (tertiary alicyclic amines) is 1. The largest absolute Gasteiger partial charge is 0.332 e. The molecule has 1 aliphatic carbocycles. The second-order valence-electron chi connectivity index (χ2n) is 8.64. The third kappa shape index (κ3) is 3.17. The molecule has 2 unspecified atom stereocenters. The number of fused-ring (bicyclic) bond motifs is 2. The Morgan fingerprint density at radius 3 is 2.20 bits per heavy atom. The molecular weight excluding hydrogens is 310 g/mol. The molecule has 4 aliphatic rings. The Labute approximate surface area is 151 Å². The van der Waals surface area contributed by atoms with E-state index in [2.05, 4.69) is 27.5 Å². The molecule has 1 aromatic rings. The summed E-state index contributed by atoms with van der Waals surface area (Å²) in [6, 6.07) is 1.19. The van der Waals surface area contributed by atoms with Crippen LogP contribution in [0.3, 0.4) is 0 Å². The predicted octanol–water partition coefficient (Wildman–Crippen LogP) is 2.40. The molecule has 4 fully saturated rings. The molecule has 1 saturated carbocycles. The number of hydrogen-bond donors (Lipinski definition) is 1. The van der Waals surface area contributed by atoms with Gasteiger partial charge in [0.25, 0.3) is 0 Å². The van der Waals surface area contributed by atoms with E-state index in [-0.39, 0.29) is 0 Å². The summed E-state index contributed by atoms with van der Waals surface area (Å²) in [5.41, 5.74) is 1.36. The van der Waals surface area contributed by atoms with Gasteiger partial charge in [-0.1, -0.05) is 6.42 Å². The van der Waals surface area contributed by atoms with Gasteiger partial charge in [-0.15, -0.1) is 0 Å². The zero-order valence-corrected chi connectivity index (χ0v) is 15.2. The first-order valence-electron chi connectivity index (χ1n) is 10.4. The zero-order valence-electron chi connectivity index (χ0n) is 15.2. The van der Waals surface area contributed by atoms with Crippen LogP contribution in [0.1, 0.15) is 56.4 Å². The lowest BCUT2D eigenvalue weighted by Crippen LogP contribution is -2.52. The lowest BCUT2D eigenvalue weighted by molar-refractivity contribution is 0.147. The Hall–Kier alpha value is -1.20. The van der Waals surface area contributed by atoms with E-state index in [1.165, 1.54) is 70.1 Å². The molecule has 0 amide bonds. The van der Waals surface area contributed by atoms with Crippen LogP contribution in [0.4, 0.5) is 5.95 Å². The third-order valence-corrected chi connectivity index (χ3v) is 7.07. The number of piperazine rings is 1. The van der Waals surface area contributed by atoms with Crippen LogP contribution in [0.15, 0.2) is 12.4 Å². The molecule has 5 rings (SSSR count). The normalized spacial score (nSPS) is 31.3. The molecule has 4 heterocycles. The second-order valence-corrected chi connectivity index (χ2v) is 8.64. The van der Waals surface area contributed by atoms with Crippen LogP contribution in [-0.4, -0.2) is 59.7 Å². The van der Waals surface area contributed by atoms with Gasteiger partial charge in [0.2, 0.25) is 5.95 Å². The van der Waals surface area contributed by atoms with E-state index in [1.54, 1.807) is 0 Å². The highest BCUT2D eigenvalue weighted by molar-refractivity contribution is 5.38. The Morgan fingerprint density at radius 1 is 0.920 bits per heavy atom. The minimum atomic E-state index is 0.597. The highest BCUT2D eigenvalue weighted by Gasteiger charge is 2.38. The second kappa shape index (κ2) is 6.84. The van der Waals surface area contributed by atoms with E-state index in [1.807, 2.05) is 0 Å². The quantitative estimate of drug-likeness (QED) is 0.911. The zero-order chi connectivity index (χ0) is 16.6. The summed E-state index contributed by atoms with van der Waals surface area (Å²) in [5.74, 6) is 2.61. The number of hydrogen-bond acceptors (Lipinski definition) is 5. The SMILES string of the molecule is c1nc(N2C3CCC2CNC3)ncc1C1CCN(CC2CCC2)CC1. The van der Waals surface area contributed by atoms with Gasteiger partial charge < -0.3 is 15.1 Å². The summed E-state index contributed by atoms with van der Waals surface area (Å²) in [6.07, 6.45) is 13.7. The van der Waals surface area contributed by atoms with Gasteiger partial charge in [-0.25, -0.2) is 9.97 Å². The van der Waals surface area contributed by atoms with Crippen molar-refractivity contribution in [3.05, 3.63) is 18.0 Å². The summed E-state index contributed by atoms with van der Waals surface area (Å²) in [5, 5.41) is 3.53. The fraction of sp³-hybridized carbons (Fsp3) is 0.800. The number of rotatable bonds is 4. The molecule has 1 N–H and O–H groups in total. The fourth-order valence-electron chi connectivity index (χ4n) is 5.27. The molecule has 3 aliphatic heterocycles. The summed E-state index contributed by atoms with van der Waals surface area (Å²) >= 11 is 0. The van der Waals surface area contributed by atoms with Crippen LogP contribution in [0, 0.1) is 5.92 Å². The van der Waals surface area contributed by atoms with E-state index >= 15 is 0 Å². The van der Waals surface area contributed by atoms with Crippen molar-refractivity contribution in [2.75, 3.05) is 37.6 Å². The number of nitrogens with zero attached hydrogens (tertiary/aromatic N) is 4. The molecule has 5 nitrogen and oxygen atoms in total. The highest BCUT2D eigenvalue weighted by Crippen LogP contribution is 2.33. The van der Waals surface area contributed by atoms with Crippen molar-refractivity contribution in [1.82, 2.24) is 20.2 Å². The highest BCUT2D eigenvalue weighted by atomic mass is 15.3. The molecule has 25 heavy (non-hydrogen) atoms. The topological polar surface area (TPSA) is 44.3 Å². The molecule has 0 radical (unpaired) electrons. The van der Waals surface area contributed by atoms with Crippen molar-refractivity contribution in [3.8, 4) is 0 Å². The molecule has 136 valence electrons. The summed E-state index contributed by atoms with van der Waals surface area (Å²) in [7, 11) is 0. The van der Waals surface area contributed by atoms with E-state index < -0.39 is 0 Å². The van der Waals surface area contributed by atoms with Crippen LogP contribution >= 0.6 is 0 Å². The molecule has 1 aromatic heterocycles. The van der Waals surface area contributed by atoms with Crippen LogP contribution in [0.2, 0.25) is 0 Å². The minimum Gasteiger partial charge on any atom is -0.332 e. The first-order chi connectivity index (χ1) is 12.4. The van der Waals surface area contributed by atoms with Gasteiger partial charge in [-0.2, -0.15) is 0 Å². The third-order valence-electron chi connectivity index (χ3n) is 7.07. The summed E-state index contributed by atoms with van der Waals surface area (Å²) in [6.45, 7) is 6.02. The standard InChI is InChI=1S/C20H31N5/c1-2-15(3-1)14-24-8-6-16(7-9-24)17-10-22-20(23-11-17)25-18-4-5-19(25)13-21-12-18/h10-11,15-16,18-19,21H,1-9,12-14H2. The Morgan fingerprint density at radius 2 is 1.60 bits per heavy atom. The Balaban J connectivity index is 1.19. The minimum absolute atomic E-state index is 0.597. The predicted molar refractivity (Wildman–Crippen MR) is 99.9 cm³/mol. The smallest absolute Gasteiger partial charge is 0.225 e. The van der Waals surface area contributed by atoms with Gasteiger partial charge in [0.1, 0.15) is 0 Å². The van der Waals surface area contributed by atoms with Crippen molar-refractivity contribution in [1.29, 1.82) is 0 Å². The maximum absolute atomic E-state index is 4.78. The summed E-state index contributed by atoms with van der Waals surface area (Å²) < 4.78 is 0. The van der Waals surface area contributed by atoms with Crippen LogP contribution < -0.4 is 10.2 Å². The molecule has 5 heteroatoms. The van der Waals surface area contributed by atoms with E-state index in [4.69, 9.17) is 9.97 Å². The molecule has 0 spiro atoms. The van der Waals surface area contributed by atoms with Gasteiger partial charge in [-0.05, 0) is 69.0 Å². The van der Waals surface area contributed by atoms with E-state index in [0.717, 1.165) is 25.0 Å². The van der Waals surface area contributed by atoms with Crippen LogP contribution in [-0.2, 0) is 0 Å². The first kappa shape index (κ1) is 16.0. The van der Waals surface area contributed by atoms with Gasteiger partial charge >= 0.3 is 0 Å². The number of aromatic nitrogens is 2. The fourth-order valence-corrected chi connectivity index (χ4v) is 5.27. The molecule has 2 atom stereocenters. The van der Waals surface area contributed by atoms with Crippen molar-refractivity contribution in [2.24, 2.45) is 5.92 Å². The van der Waals surface area contributed by atoms with Gasteiger partial charge in [0.15, 0.2) is 0 Å². The van der Waals surface area contributed by atoms with Gasteiger partial charge in [0, 0.05) is 44.1 Å². The van der Waals surface area contributed by atoms with Gasteiger partial charge in [0.05, 0.1) is 0 Å². The van der Waals surface area contributed by atoms with E-state index in [9.17, 15) is 0 Å². The Kier molecular flexibility index (Phi) is 4.38.